The third-order valence-electron chi connectivity index (χ3n) is 4.79. The van der Waals surface area contributed by atoms with E-state index < -0.39 is 0 Å². The Balaban J connectivity index is 0.00000196. The molecule has 4 nitrogen and oxygen atoms in total. The zero-order valence-corrected chi connectivity index (χ0v) is 18.3. The summed E-state index contributed by atoms with van der Waals surface area (Å²) in [5.74, 6) is 0. The number of nitrogens with zero attached hydrogens (tertiary/aromatic N) is 2. The molecule has 1 aliphatic heterocycles. The van der Waals surface area contributed by atoms with Crippen LogP contribution in [0.15, 0.2) is 48.5 Å². The van der Waals surface area contributed by atoms with Crippen LogP contribution >= 0.6 is 36.4 Å². The lowest BCUT2D eigenvalue weighted by atomic mass is 10.0. The summed E-state index contributed by atoms with van der Waals surface area (Å²) in [6.07, 6.45) is 0. The van der Waals surface area contributed by atoms with E-state index >= 15 is 0 Å². The van der Waals surface area contributed by atoms with Gasteiger partial charge in [0, 0.05) is 44.3 Å². The first-order valence-electron chi connectivity index (χ1n) is 9.23. The maximum absolute atomic E-state index is 8.72. The van der Waals surface area contributed by atoms with E-state index in [2.05, 4.69) is 46.2 Å². The lowest BCUT2D eigenvalue weighted by Gasteiger charge is -2.34. The number of hydrogen-bond acceptors (Lipinski definition) is 4. The van der Waals surface area contributed by atoms with Crippen molar-refractivity contribution in [2.24, 2.45) is 0 Å². The highest BCUT2D eigenvalue weighted by Crippen LogP contribution is 2.22. The van der Waals surface area contributed by atoms with Crippen molar-refractivity contribution in [1.29, 1.82) is 0 Å². The van der Waals surface area contributed by atoms with Gasteiger partial charge < -0.3 is 9.84 Å². The van der Waals surface area contributed by atoms with Gasteiger partial charge in [0.25, 0.3) is 0 Å². The van der Waals surface area contributed by atoms with Crippen LogP contribution in [0.4, 0.5) is 0 Å². The standard InChI is InChI=1S/C21H27ClN2O2.2ClH/c22-21-7-5-20(6-8-21)19-3-1-18(2-4-19)17-24-11-9-23(10-12-24)13-15-26-16-14-25;;/h1-8,25H,9-17H2;2*1H. The van der Waals surface area contributed by atoms with Crippen LogP contribution in [0.25, 0.3) is 11.1 Å². The van der Waals surface area contributed by atoms with E-state index in [4.69, 9.17) is 21.4 Å². The van der Waals surface area contributed by atoms with Crippen LogP contribution in [0.1, 0.15) is 5.56 Å². The molecule has 7 heteroatoms. The highest BCUT2D eigenvalue weighted by Gasteiger charge is 2.16. The Morgan fingerprint density at radius 2 is 1.32 bits per heavy atom. The van der Waals surface area contributed by atoms with E-state index in [9.17, 15) is 0 Å². The summed E-state index contributed by atoms with van der Waals surface area (Å²) in [6, 6.07) is 16.8. The molecule has 156 valence electrons. The maximum atomic E-state index is 8.72. The molecule has 0 unspecified atom stereocenters. The van der Waals surface area contributed by atoms with Gasteiger partial charge in [-0.2, -0.15) is 0 Å². The van der Waals surface area contributed by atoms with Gasteiger partial charge in [-0.3, -0.25) is 9.80 Å². The van der Waals surface area contributed by atoms with Crippen LogP contribution in [-0.2, 0) is 11.3 Å². The van der Waals surface area contributed by atoms with E-state index in [1.165, 1.54) is 16.7 Å². The molecule has 0 spiro atoms. The van der Waals surface area contributed by atoms with Gasteiger partial charge in [-0.05, 0) is 28.8 Å². The molecule has 0 saturated carbocycles. The first-order chi connectivity index (χ1) is 12.7. The molecular formula is C21H29Cl3N2O2. The van der Waals surface area contributed by atoms with Gasteiger partial charge in [0.05, 0.1) is 19.8 Å². The van der Waals surface area contributed by atoms with Crippen LogP contribution in [0.2, 0.25) is 5.02 Å². The summed E-state index contributed by atoms with van der Waals surface area (Å²) < 4.78 is 5.35. The van der Waals surface area contributed by atoms with Gasteiger partial charge in [0.1, 0.15) is 0 Å². The Labute approximate surface area is 185 Å². The Morgan fingerprint density at radius 3 is 1.89 bits per heavy atom. The van der Waals surface area contributed by atoms with Gasteiger partial charge >= 0.3 is 0 Å². The minimum Gasteiger partial charge on any atom is -0.394 e. The first kappa shape index (κ1) is 25.2. The lowest BCUT2D eigenvalue weighted by Crippen LogP contribution is -2.46. The van der Waals surface area contributed by atoms with E-state index in [0.717, 1.165) is 44.3 Å². The van der Waals surface area contributed by atoms with Crippen molar-refractivity contribution in [2.45, 2.75) is 6.54 Å². The molecule has 1 aliphatic rings. The third-order valence-corrected chi connectivity index (χ3v) is 5.04. The lowest BCUT2D eigenvalue weighted by molar-refractivity contribution is 0.0564. The second kappa shape index (κ2) is 13.4. The number of aliphatic hydroxyl groups excluding tert-OH is 1. The fourth-order valence-corrected chi connectivity index (χ4v) is 3.36. The number of benzene rings is 2. The average molecular weight is 448 g/mol. The fourth-order valence-electron chi connectivity index (χ4n) is 3.23. The molecule has 0 radical (unpaired) electrons. The molecule has 0 aliphatic carbocycles. The summed E-state index contributed by atoms with van der Waals surface area (Å²) in [6.45, 7) is 7.50. The Bertz CT molecular complexity index is 660. The van der Waals surface area contributed by atoms with E-state index in [1.54, 1.807) is 0 Å². The molecular weight excluding hydrogens is 419 g/mol. The first-order valence-corrected chi connectivity index (χ1v) is 9.60. The molecule has 1 heterocycles. The molecule has 0 atom stereocenters. The van der Waals surface area contributed by atoms with Gasteiger partial charge in [-0.25, -0.2) is 0 Å². The molecule has 0 amide bonds. The zero-order valence-electron chi connectivity index (χ0n) is 15.9. The molecule has 1 fully saturated rings. The van der Waals surface area contributed by atoms with Crippen LogP contribution in [0.5, 0.6) is 0 Å². The summed E-state index contributed by atoms with van der Waals surface area (Å²) in [7, 11) is 0. The molecule has 0 aromatic heterocycles. The predicted octanol–water partition coefficient (Wildman–Crippen LogP) is 3.98. The number of ether oxygens (including phenoxy) is 1. The second-order valence-electron chi connectivity index (χ2n) is 6.66. The molecule has 2 aromatic rings. The Morgan fingerprint density at radius 1 is 0.786 bits per heavy atom. The van der Waals surface area contributed by atoms with Gasteiger partial charge in [-0.1, -0.05) is 48.0 Å². The van der Waals surface area contributed by atoms with Crippen LogP contribution < -0.4 is 0 Å². The molecule has 1 N–H and O–H groups in total. The second-order valence-corrected chi connectivity index (χ2v) is 7.09. The van der Waals surface area contributed by atoms with Crippen molar-refractivity contribution in [2.75, 3.05) is 52.5 Å². The third kappa shape index (κ3) is 7.88. The Kier molecular flexibility index (Phi) is 12.0. The number of halogens is 3. The molecule has 0 bridgehead atoms. The van der Waals surface area contributed by atoms with Crippen molar-refractivity contribution in [1.82, 2.24) is 9.80 Å². The highest BCUT2D eigenvalue weighted by atomic mass is 35.5. The van der Waals surface area contributed by atoms with Crippen molar-refractivity contribution in [3.8, 4) is 11.1 Å². The van der Waals surface area contributed by atoms with E-state index in [0.29, 0.717) is 13.2 Å². The van der Waals surface area contributed by atoms with Gasteiger partial charge in [0.2, 0.25) is 0 Å². The summed E-state index contributed by atoms with van der Waals surface area (Å²) in [5, 5.41) is 9.49. The van der Waals surface area contributed by atoms with Crippen molar-refractivity contribution >= 4 is 36.4 Å². The largest absolute Gasteiger partial charge is 0.394 e. The van der Waals surface area contributed by atoms with Crippen LogP contribution in [-0.4, -0.2) is 67.5 Å². The number of rotatable bonds is 8. The van der Waals surface area contributed by atoms with Gasteiger partial charge in [0.15, 0.2) is 0 Å². The average Bonchev–Trinajstić information content (AvgIpc) is 2.68. The normalized spacial score (nSPS) is 14.9. The van der Waals surface area contributed by atoms with Gasteiger partial charge in [-0.15, -0.1) is 24.8 Å². The highest BCUT2D eigenvalue weighted by molar-refractivity contribution is 6.30. The minimum atomic E-state index is 0. The van der Waals surface area contributed by atoms with Crippen LogP contribution in [0.3, 0.4) is 0 Å². The SMILES string of the molecule is Cl.Cl.OCCOCCN1CCN(Cc2ccc(-c3ccc(Cl)cc3)cc2)CC1. The van der Waals surface area contributed by atoms with Crippen molar-refractivity contribution < 1.29 is 9.84 Å². The molecule has 1 saturated heterocycles. The summed E-state index contributed by atoms with van der Waals surface area (Å²) in [5.41, 5.74) is 3.76. The van der Waals surface area contributed by atoms with Crippen molar-refractivity contribution in [3.63, 3.8) is 0 Å². The van der Waals surface area contributed by atoms with Crippen LogP contribution in [0, 0.1) is 0 Å². The topological polar surface area (TPSA) is 35.9 Å². The Hall–Kier alpha value is -0.850. The summed E-state index contributed by atoms with van der Waals surface area (Å²) in [4.78, 5) is 4.93. The van der Waals surface area contributed by atoms with E-state index in [1.807, 2.05) is 12.1 Å². The minimum absolute atomic E-state index is 0. The molecule has 3 rings (SSSR count). The fraction of sp³-hybridized carbons (Fsp3) is 0.429. The number of hydrogen-bond donors (Lipinski definition) is 1. The quantitative estimate of drug-likeness (QED) is 0.621. The smallest absolute Gasteiger partial charge is 0.0698 e. The maximum Gasteiger partial charge on any atom is 0.0698 e. The zero-order chi connectivity index (χ0) is 18.2. The number of aliphatic hydroxyl groups is 1. The molecule has 28 heavy (non-hydrogen) atoms. The van der Waals surface area contributed by atoms with E-state index in [-0.39, 0.29) is 31.4 Å². The summed E-state index contributed by atoms with van der Waals surface area (Å²) >= 11 is 5.96. The monoisotopic (exact) mass is 446 g/mol. The predicted molar refractivity (Wildman–Crippen MR) is 121 cm³/mol. The van der Waals surface area contributed by atoms with Crippen molar-refractivity contribution in [3.05, 3.63) is 59.1 Å². The number of piperazine rings is 1. The molecule has 2 aromatic carbocycles.